The number of hydrogen-bond acceptors (Lipinski definition) is 4. The van der Waals surface area contributed by atoms with E-state index in [0.29, 0.717) is 12.0 Å². The zero-order valence-corrected chi connectivity index (χ0v) is 13.8. The molecule has 1 fully saturated rings. The summed E-state index contributed by atoms with van der Waals surface area (Å²) in [6, 6.07) is 0.614. The quantitative estimate of drug-likeness (QED) is 0.840. The lowest BCUT2D eigenvalue weighted by atomic mass is 9.89. The number of aromatic nitrogens is 2. The molecule has 5 nitrogen and oxygen atoms in total. The van der Waals surface area contributed by atoms with Crippen molar-refractivity contribution in [2.75, 3.05) is 26.9 Å². The molecule has 1 atom stereocenters. The number of nitrogens with one attached hydrogen (secondary N) is 1. The first-order valence-corrected chi connectivity index (χ1v) is 8.11. The SMILES string of the molecule is CCCNC(c1c(OC)cnn1C(C)C)C1CCOCC1. The van der Waals surface area contributed by atoms with Crippen molar-refractivity contribution in [3.8, 4) is 5.75 Å². The Hall–Kier alpha value is -1.07. The predicted octanol–water partition coefficient (Wildman–Crippen LogP) is 2.94. The lowest BCUT2D eigenvalue weighted by Crippen LogP contribution is -2.34. The predicted molar refractivity (Wildman–Crippen MR) is 83.7 cm³/mol. The summed E-state index contributed by atoms with van der Waals surface area (Å²) >= 11 is 0. The molecule has 5 heteroatoms. The normalized spacial score (nSPS) is 18.1. The molecule has 1 N–H and O–H groups in total. The maximum absolute atomic E-state index is 5.57. The maximum Gasteiger partial charge on any atom is 0.161 e. The van der Waals surface area contributed by atoms with Gasteiger partial charge in [0.25, 0.3) is 0 Å². The summed E-state index contributed by atoms with van der Waals surface area (Å²) in [5, 5.41) is 8.25. The fraction of sp³-hybridized carbons (Fsp3) is 0.812. The minimum Gasteiger partial charge on any atom is -0.493 e. The molecule has 0 saturated carbocycles. The zero-order valence-electron chi connectivity index (χ0n) is 13.8. The van der Waals surface area contributed by atoms with Crippen LogP contribution in [0.25, 0.3) is 0 Å². The Kier molecular flexibility index (Phi) is 6.06. The van der Waals surface area contributed by atoms with Gasteiger partial charge in [0.2, 0.25) is 0 Å². The number of hydrogen-bond donors (Lipinski definition) is 1. The van der Waals surface area contributed by atoms with Gasteiger partial charge in [-0.1, -0.05) is 6.92 Å². The summed E-state index contributed by atoms with van der Waals surface area (Å²) in [5.74, 6) is 1.47. The van der Waals surface area contributed by atoms with Crippen LogP contribution >= 0.6 is 0 Å². The Labute approximate surface area is 128 Å². The van der Waals surface area contributed by atoms with Crippen molar-refractivity contribution in [2.45, 2.75) is 52.1 Å². The first-order valence-electron chi connectivity index (χ1n) is 8.11. The Morgan fingerprint density at radius 1 is 1.43 bits per heavy atom. The average molecular weight is 295 g/mol. The highest BCUT2D eigenvalue weighted by Crippen LogP contribution is 2.36. The van der Waals surface area contributed by atoms with E-state index in [1.165, 1.54) is 5.69 Å². The van der Waals surface area contributed by atoms with Crippen molar-refractivity contribution in [1.29, 1.82) is 0 Å². The molecule has 1 aromatic rings. The summed E-state index contributed by atoms with van der Waals surface area (Å²) in [6.45, 7) is 9.24. The van der Waals surface area contributed by atoms with Gasteiger partial charge in [0.15, 0.2) is 5.75 Å². The van der Waals surface area contributed by atoms with Gasteiger partial charge in [-0.15, -0.1) is 0 Å². The molecule has 0 bridgehead atoms. The van der Waals surface area contributed by atoms with Crippen molar-refractivity contribution in [2.24, 2.45) is 5.92 Å². The third-order valence-electron chi connectivity index (χ3n) is 4.15. The van der Waals surface area contributed by atoms with Crippen molar-refractivity contribution in [3.05, 3.63) is 11.9 Å². The second-order valence-electron chi connectivity index (χ2n) is 6.02. The topological polar surface area (TPSA) is 48.3 Å². The van der Waals surface area contributed by atoms with Gasteiger partial charge in [0.1, 0.15) is 0 Å². The van der Waals surface area contributed by atoms with Crippen molar-refractivity contribution in [3.63, 3.8) is 0 Å². The first-order chi connectivity index (χ1) is 10.2. The number of rotatable bonds is 7. The summed E-state index contributed by atoms with van der Waals surface area (Å²) < 4.78 is 13.2. The molecule has 1 aliphatic rings. The van der Waals surface area contributed by atoms with Crippen LogP contribution in [0, 0.1) is 5.92 Å². The molecule has 1 aliphatic heterocycles. The largest absolute Gasteiger partial charge is 0.493 e. The van der Waals surface area contributed by atoms with Crippen LogP contribution in [0.15, 0.2) is 6.20 Å². The van der Waals surface area contributed by atoms with Gasteiger partial charge in [-0.25, -0.2) is 0 Å². The summed E-state index contributed by atoms with van der Waals surface area (Å²) in [4.78, 5) is 0. The second kappa shape index (κ2) is 7.80. The van der Waals surface area contributed by atoms with E-state index in [0.717, 1.165) is 44.8 Å². The van der Waals surface area contributed by atoms with E-state index in [9.17, 15) is 0 Å². The van der Waals surface area contributed by atoms with Crippen LogP contribution in [0.4, 0.5) is 0 Å². The summed E-state index contributed by atoms with van der Waals surface area (Å²) in [6.07, 6.45) is 5.15. The highest BCUT2D eigenvalue weighted by atomic mass is 16.5. The minimum atomic E-state index is 0.286. The van der Waals surface area contributed by atoms with Gasteiger partial charge in [0.05, 0.1) is 25.0 Å². The fourth-order valence-electron chi connectivity index (χ4n) is 3.06. The molecular weight excluding hydrogens is 266 g/mol. The lowest BCUT2D eigenvalue weighted by Gasteiger charge is -2.32. The highest BCUT2D eigenvalue weighted by molar-refractivity contribution is 5.29. The highest BCUT2D eigenvalue weighted by Gasteiger charge is 2.31. The average Bonchev–Trinajstić information content (AvgIpc) is 2.93. The molecule has 0 aliphatic carbocycles. The van der Waals surface area contributed by atoms with E-state index in [1.807, 2.05) is 6.20 Å². The molecule has 21 heavy (non-hydrogen) atoms. The summed E-state index contributed by atoms with van der Waals surface area (Å²) in [5.41, 5.74) is 1.19. The third-order valence-corrected chi connectivity index (χ3v) is 4.15. The van der Waals surface area contributed by atoms with Crippen LogP contribution in [0.3, 0.4) is 0 Å². The standard InChI is InChI=1S/C16H29N3O2/c1-5-8-17-15(13-6-9-21-10-7-13)16-14(20-4)11-18-19(16)12(2)3/h11-13,15,17H,5-10H2,1-4H3. The summed E-state index contributed by atoms with van der Waals surface area (Å²) in [7, 11) is 1.73. The fourth-order valence-corrected chi connectivity index (χ4v) is 3.06. The molecule has 1 unspecified atom stereocenters. The molecule has 2 heterocycles. The number of nitrogens with zero attached hydrogens (tertiary/aromatic N) is 2. The minimum absolute atomic E-state index is 0.286. The molecule has 1 saturated heterocycles. The maximum atomic E-state index is 5.57. The van der Waals surface area contributed by atoms with E-state index in [-0.39, 0.29) is 6.04 Å². The van der Waals surface area contributed by atoms with E-state index >= 15 is 0 Å². The van der Waals surface area contributed by atoms with Crippen LogP contribution in [0.2, 0.25) is 0 Å². The van der Waals surface area contributed by atoms with Gasteiger partial charge in [-0.05, 0) is 45.6 Å². The van der Waals surface area contributed by atoms with E-state index in [4.69, 9.17) is 9.47 Å². The molecule has 0 amide bonds. The molecular formula is C16H29N3O2. The van der Waals surface area contributed by atoms with Gasteiger partial charge in [-0.3, -0.25) is 4.68 Å². The first kappa shape index (κ1) is 16.3. The van der Waals surface area contributed by atoms with Crippen LogP contribution in [0.1, 0.15) is 57.8 Å². The number of methoxy groups -OCH3 is 1. The van der Waals surface area contributed by atoms with Crippen molar-refractivity contribution >= 4 is 0 Å². The Balaban J connectivity index is 2.32. The third kappa shape index (κ3) is 3.77. The van der Waals surface area contributed by atoms with Gasteiger partial charge in [0, 0.05) is 19.3 Å². The monoisotopic (exact) mass is 295 g/mol. The van der Waals surface area contributed by atoms with E-state index in [2.05, 4.69) is 35.9 Å². The molecule has 120 valence electrons. The molecule has 0 radical (unpaired) electrons. The van der Waals surface area contributed by atoms with Gasteiger partial charge in [-0.2, -0.15) is 5.10 Å². The molecule has 0 aromatic carbocycles. The van der Waals surface area contributed by atoms with Crippen LogP contribution in [0.5, 0.6) is 5.75 Å². The molecule has 0 spiro atoms. The van der Waals surface area contributed by atoms with E-state index < -0.39 is 0 Å². The van der Waals surface area contributed by atoms with Crippen molar-refractivity contribution < 1.29 is 9.47 Å². The van der Waals surface area contributed by atoms with Gasteiger partial charge >= 0.3 is 0 Å². The Morgan fingerprint density at radius 3 is 2.71 bits per heavy atom. The number of ether oxygens (including phenoxy) is 2. The van der Waals surface area contributed by atoms with Crippen molar-refractivity contribution in [1.82, 2.24) is 15.1 Å². The van der Waals surface area contributed by atoms with E-state index in [1.54, 1.807) is 7.11 Å². The lowest BCUT2D eigenvalue weighted by molar-refractivity contribution is 0.0519. The molecule has 2 rings (SSSR count). The van der Waals surface area contributed by atoms with Crippen LogP contribution < -0.4 is 10.1 Å². The van der Waals surface area contributed by atoms with Crippen LogP contribution in [-0.2, 0) is 4.74 Å². The zero-order chi connectivity index (χ0) is 15.2. The Bertz CT molecular complexity index is 425. The second-order valence-corrected chi connectivity index (χ2v) is 6.02. The Morgan fingerprint density at radius 2 is 2.14 bits per heavy atom. The smallest absolute Gasteiger partial charge is 0.161 e. The van der Waals surface area contributed by atoms with Crippen LogP contribution in [-0.4, -0.2) is 36.6 Å². The van der Waals surface area contributed by atoms with Gasteiger partial charge < -0.3 is 14.8 Å². The molecule has 1 aromatic heterocycles.